The van der Waals surface area contributed by atoms with Gasteiger partial charge in [0, 0.05) is 17.9 Å². The molecule has 0 N–H and O–H groups in total. The van der Waals surface area contributed by atoms with E-state index in [9.17, 15) is 4.79 Å². The molecule has 0 saturated heterocycles. The van der Waals surface area contributed by atoms with Gasteiger partial charge in [-0.25, -0.2) is 0 Å². The quantitative estimate of drug-likeness (QED) is 0.801. The van der Waals surface area contributed by atoms with E-state index in [1.54, 1.807) is 0 Å². The second-order valence-corrected chi connectivity index (χ2v) is 5.89. The second kappa shape index (κ2) is 6.23. The molecular formula is C18H19ClO. The van der Waals surface area contributed by atoms with Gasteiger partial charge in [-0.2, -0.15) is 0 Å². The van der Waals surface area contributed by atoms with Crippen molar-refractivity contribution in [2.24, 2.45) is 0 Å². The number of rotatable bonds is 4. The van der Waals surface area contributed by atoms with Crippen molar-refractivity contribution < 1.29 is 4.79 Å². The van der Waals surface area contributed by atoms with Gasteiger partial charge in [0.1, 0.15) is 5.78 Å². The fourth-order valence-electron chi connectivity index (χ4n) is 2.47. The van der Waals surface area contributed by atoms with E-state index >= 15 is 0 Å². The Morgan fingerprint density at radius 2 is 1.55 bits per heavy atom. The number of hydrogen-bond donors (Lipinski definition) is 0. The summed E-state index contributed by atoms with van der Waals surface area (Å²) in [7, 11) is 0. The van der Waals surface area contributed by atoms with Gasteiger partial charge in [0.2, 0.25) is 0 Å². The van der Waals surface area contributed by atoms with Gasteiger partial charge < -0.3 is 0 Å². The standard InChI is InChI=1S/C18H19ClO/c1-12-4-5-16(18(19)9-12)11-17(20)10-15-7-13(2)6-14(3)8-15/h4-9H,10-11H2,1-3H3. The summed E-state index contributed by atoms with van der Waals surface area (Å²) in [4.78, 5) is 12.2. The van der Waals surface area contributed by atoms with Crippen LogP contribution in [0.5, 0.6) is 0 Å². The Morgan fingerprint density at radius 3 is 2.15 bits per heavy atom. The molecule has 0 heterocycles. The molecule has 2 aromatic rings. The van der Waals surface area contributed by atoms with Crippen LogP contribution in [-0.4, -0.2) is 5.78 Å². The van der Waals surface area contributed by atoms with Gasteiger partial charge >= 0.3 is 0 Å². The number of carbonyl (C=O) groups excluding carboxylic acids is 1. The molecule has 20 heavy (non-hydrogen) atoms. The molecule has 0 aliphatic carbocycles. The van der Waals surface area contributed by atoms with Crippen molar-refractivity contribution in [1.82, 2.24) is 0 Å². The van der Waals surface area contributed by atoms with Gasteiger partial charge in [0.05, 0.1) is 0 Å². The zero-order chi connectivity index (χ0) is 14.7. The lowest BCUT2D eigenvalue weighted by molar-refractivity contribution is -0.117. The Bertz CT molecular complexity index is 624. The van der Waals surface area contributed by atoms with E-state index in [1.807, 2.05) is 25.1 Å². The minimum Gasteiger partial charge on any atom is -0.299 e. The number of ketones is 1. The molecule has 0 fully saturated rings. The van der Waals surface area contributed by atoms with Crippen LogP contribution in [0.15, 0.2) is 36.4 Å². The summed E-state index contributed by atoms with van der Waals surface area (Å²) in [5, 5.41) is 0.679. The Kier molecular flexibility index (Phi) is 4.61. The normalized spacial score (nSPS) is 10.6. The summed E-state index contributed by atoms with van der Waals surface area (Å²) in [6, 6.07) is 12.1. The second-order valence-electron chi connectivity index (χ2n) is 5.48. The van der Waals surface area contributed by atoms with Crippen LogP contribution in [0, 0.1) is 20.8 Å². The fourth-order valence-corrected chi connectivity index (χ4v) is 2.77. The SMILES string of the molecule is Cc1cc(C)cc(CC(=O)Cc2ccc(C)cc2Cl)c1. The van der Waals surface area contributed by atoms with Crippen LogP contribution in [0.25, 0.3) is 0 Å². The van der Waals surface area contributed by atoms with Gasteiger partial charge in [-0.15, -0.1) is 0 Å². The first kappa shape index (κ1) is 14.8. The Balaban J connectivity index is 2.09. The summed E-state index contributed by atoms with van der Waals surface area (Å²) < 4.78 is 0. The maximum Gasteiger partial charge on any atom is 0.141 e. The molecule has 0 aromatic heterocycles. The summed E-state index contributed by atoms with van der Waals surface area (Å²) in [5.41, 5.74) is 5.49. The van der Waals surface area contributed by atoms with E-state index < -0.39 is 0 Å². The van der Waals surface area contributed by atoms with E-state index in [1.165, 1.54) is 11.1 Å². The van der Waals surface area contributed by atoms with Crippen LogP contribution < -0.4 is 0 Å². The number of halogens is 1. The van der Waals surface area contributed by atoms with Crippen molar-refractivity contribution in [2.75, 3.05) is 0 Å². The van der Waals surface area contributed by atoms with Crippen LogP contribution in [0.3, 0.4) is 0 Å². The molecule has 0 amide bonds. The third kappa shape index (κ3) is 3.94. The topological polar surface area (TPSA) is 17.1 Å². The van der Waals surface area contributed by atoms with Gasteiger partial charge in [0.25, 0.3) is 0 Å². The number of benzene rings is 2. The highest BCUT2D eigenvalue weighted by Crippen LogP contribution is 2.19. The van der Waals surface area contributed by atoms with E-state index in [0.717, 1.165) is 16.7 Å². The summed E-state index contributed by atoms with van der Waals surface area (Å²) in [5.74, 6) is 0.195. The first-order chi connectivity index (χ1) is 9.44. The maximum atomic E-state index is 12.2. The highest BCUT2D eigenvalue weighted by atomic mass is 35.5. The summed E-state index contributed by atoms with van der Waals surface area (Å²) >= 11 is 6.17. The average Bonchev–Trinajstić information content (AvgIpc) is 2.31. The largest absolute Gasteiger partial charge is 0.299 e. The Labute approximate surface area is 125 Å². The molecular weight excluding hydrogens is 268 g/mol. The van der Waals surface area contributed by atoms with E-state index in [4.69, 9.17) is 11.6 Å². The summed E-state index contributed by atoms with van der Waals surface area (Å²) in [6.45, 7) is 6.10. The summed E-state index contributed by atoms with van der Waals surface area (Å²) in [6.07, 6.45) is 0.860. The van der Waals surface area contributed by atoms with Crippen molar-refractivity contribution in [2.45, 2.75) is 33.6 Å². The molecule has 2 aromatic carbocycles. The van der Waals surface area contributed by atoms with Gasteiger partial charge in [-0.3, -0.25) is 4.79 Å². The third-order valence-corrected chi connectivity index (χ3v) is 3.63. The van der Waals surface area contributed by atoms with Crippen molar-refractivity contribution in [3.8, 4) is 0 Å². The molecule has 0 saturated carbocycles. The van der Waals surface area contributed by atoms with Crippen molar-refractivity contribution in [1.29, 1.82) is 0 Å². The number of Topliss-reactive ketones (excluding diaryl/α,β-unsaturated/α-hetero) is 1. The minimum atomic E-state index is 0.195. The van der Waals surface area contributed by atoms with E-state index in [2.05, 4.69) is 32.0 Å². The van der Waals surface area contributed by atoms with Gasteiger partial charge in [-0.1, -0.05) is 53.1 Å². The van der Waals surface area contributed by atoms with Crippen molar-refractivity contribution >= 4 is 17.4 Å². The number of aryl methyl sites for hydroxylation is 3. The van der Waals surface area contributed by atoms with Crippen molar-refractivity contribution in [3.05, 3.63) is 69.2 Å². The highest BCUT2D eigenvalue weighted by Gasteiger charge is 2.09. The highest BCUT2D eigenvalue weighted by molar-refractivity contribution is 6.31. The minimum absolute atomic E-state index is 0.195. The molecule has 1 nitrogen and oxygen atoms in total. The Morgan fingerprint density at radius 1 is 0.900 bits per heavy atom. The molecule has 2 rings (SSSR count). The number of carbonyl (C=O) groups is 1. The van der Waals surface area contributed by atoms with Crippen LogP contribution in [0.4, 0.5) is 0 Å². The predicted molar refractivity (Wildman–Crippen MR) is 84.5 cm³/mol. The molecule has 0 atom stereocenters. The van der Waals surface area contributed by atoms with Gasteiger partial charge in [0.15, 0.2) is 0 Å². The van der Waals surface area contributed by atoms with E-state index in [-0.39, 0.29) is 5.78 Å². The molecule has 0 bridgehead atoms. The monoisotopic (exact) mass is 286 g/mol. The molecule has 0 radical (unpaired) electrons. The zero-order valence-corrected chi connectivity index (χ0v) is 12.9. The zero-order valence-electron chi connectivity index (χ0n) is 12.2. The fraction of sp³-hybridized carbons (Fsp3) is 0.278. The van der Waals surface area contributed by atoms with Crippen LogP contribution >= 0.6 is 11.6 Å². The third-order valence-electron chi connectivity index (χ3n) is 3.28. The van der Waals surface area contributed by atoms with Crippen LogP contribution in [0.1, 0.15) is 27.8 Å². The molecule has 0 aliphatic rings. The lowest BCUT2D eigenvalue weighted by atomic mass is 9.99. The van der Waals surface area contributed by atoms with E-state index in [0.29, 0.717) is 17.9 Å². The van der Waals surface area contributed by atoms with Gasteiger partial charge in [-0.05, 0) is 43.5 Å². The lowest BCUT2D eigenvalue weighted by Crippen LogP contribution is -2.07. The average molecular weight is 287 g/mol. The van der Waals surface area contributed by atoms with Crippen LogP contribution in [-0.2, 0) is 17.6 Å². The smallest absolute Gasteiger partial charge is 0.141 e. The van der Waals surface area contributed by atoms with Crippen LogP contribution in [0.2, 0.25) is 5.02 Å². The molecule has 0 spiro atoms. The molecule has 0 aliphatic heterocycles. The molecule has 104 valence electrons. The number of hydrogen-bond acceptors (Lipinski definition) is 1. The van der Waals surface area contributed by atoms with Crippen molar-refractivity contribution in [3.63, 3.8) is 0 Å². The molecule has 0 unspecified atom stereocenters. The Hall–Kier alpha value is -1.60. The predicted octanol–water partition coefficient (Wildman–Crippen LogP) is 4.62. The lowest BCUT2D eigenvalue weighted by Gasteiger charge is -2.07. The molecule has 2 heteroatoms. The maximum absolute atomic E-state index is 12.2. The first-order valence-electron chi connectivity index (χ1n) is 6.78. The first-order valence-corrected chi connectivity index (χ1v) is 7.16.